The van der Waals surface area contributed by atoms with Crippen LogP contribution in [0.2, 0.25) is 80.4 Å². The molecule has 0 atom stereocenters. The van der Waals surface area contributed by atoms with E-state index in [0.717, 1.165) is 24.3 Å². The van der Waals surface area contributed by atoms with E-state index in [2.05, 4.69) is 0 Å². The Hall–Kier alpha value is 1.43. The van der Waals surface area contributed by atoms with Gasteiger partial charge in [0.1, 0.15) is 0 Å². The van der Waals surface area contributed by atoms with Gasteiger partial charge in [-0.2, -0.15) is 0 Å². The monoisotopic (exact) mass is 963 g/mol. The van der Waals surface area contributed by atoms with Crippen LogP contribution in [-0.4, -0.2) is 0 Å². The van der Waals surface area contributed by atoms with E-state index < -0.39 is 23.0 Å². The molecule has 0 aliphatic heterocycles. The van der Waals surface area contributed by atoms with Crippen molar-refractivity contribution in [3.63, 3.8) is 0 Å². The molecule has 240 valence electrons. The third kappa shape index (κ3) is 12.9. The van der Waals surface area contributed by atoms with Crippen molar-refractivity contribution >= 4 is 186 Å². The normalized spacial score (nSPS) is 9.96. The van der Waals surface area contributed by atoms with Gasteiger partial charge in [-0.15, -0.1) is 0 Å². The number of halogens is 16. The molecule has 0 heterocycles. The van der Waals surface area contributed by atoms with Gasteiger partial charge in [0.25, 0.3) is 0 Å². The van der Waals surface area contributed by atoms with Gasteiger partial charge in [0, 0.05) is 0 Å². The molecule has 0 unspecified atom stereocenters. The number of rotatable bonds is 0. The Morgan fingerprint density at radius 2 is 0.378 bits per heavy atom. The van der Waals surface area contributed by atoms with Gasteiger partial charge in [0.05, 0.1) is 80.4 Å². The molecule has 0 saturated carbocycles. The molecule has 0 N–H and O–H groups in total. The van der Waals surface area contributed by atoms with Gasteiger partial charge in [0.2, 0.25) is 0 Å². The summed E-state index contributed by atoms with van der Waals surface area (Å²) in [4.78, 5) is 0. The quantitative estimate of drug-likeness (QED) is 0.0997. The third-order valence-corrected chi connectivity index (χ3v) is 11.2. The zero-order valence-corrected chi connectivity index (χ0v) is 34.1. The summed E-state index contributed by atoms with van der Waals surface area (Å²) in [6, 6.07) is 4.49. The predicted molar refractivity (Wildman–Crippen MR) is 184 cm³/mol. The Balaban J connectivity index is 0.000000569. The van der Waals surface area contributed by atoms with Crippen LogP contribution in [0.4, 0.5) is 0 Å². The van der Waals surface area contributed by atoms with Crippen molar-refractivity contribution in [3.05, 3.63) is 105 Å². The predicted octanol–water partition coefficient (Wildman–Crippen LogP) is 13.5. The topological polar surface area (TPSA) is 92.2 Å². The molecule has 0 bridgehead atoms. The molecular formula is C24H4Cl16O4Ti. The SMILES string of the molecule is [O-]c1cc(Cl)c(Cl)c(Cl)c1Cl.[O-]c1cc(Cl)c(Cl)c(Cl)c1Cl.[O-]c1cc(Cl)c(Cl)c(Cl)c1Cl.[O-]c1cc(Cl)c(Cl)c(Cl)c1Cl.[Ti+4]. The van der Waals surface area contributed by atoms with E-state index in [0.29, 0.717) is 0 Å². The van der Waals surface area contributed by atoms with Crippen LogP contribution in [0.15, 0.2) is 24.3 Å². The van der Waals surface area contributed by atoms with Crippen molar-refractivity contribution in [1.82, 2.24) is 0 Å². The maximum absolute atomic E-state index is 10.9. The van der Waals surface area contributed by atoms with E-state index >= 15 is 0 Å². The van der Waals surface area contributed by atoms with Gasteiger partial charge in [0.15, 0.2) is 0 Å². The van der Waals surface area contributed by atoms with Crippen LogP contribution in [-0.2, 0) is 21.7 Å². The Morgan fingerprint density at radius 3 is 0.511 bits per heavy atom. The molecule has 0 amide bonds. The van der Waals surface area contributed by atoms with Crippen LogP contribution in [0, 0.1) is 0 Å². The van der Waals surface area contributed by atoms with E-state index in [9.17, 15) is 20.4 Å². The fourth-order valence-electron chi connectivity index (χ4n) is 2.20. The maximum Gasteiger partial charge on any atom is 4.00 e. The van der Waals surface area contributed by atoms with Crippen molar-refractivity contribution in [1.29, 1.82) is 0 Å². The standard InChI is InChI=1S/4C6H2Cl4O.Ti/c4*7-2-1-3(11)5(9)6(10)4(2)8;/h4*1,11H;/q;;;;+4/p-4. The molecule has 0 fully saturated rings. The van der Waals surface area contributed by atoms with Gasteiger partial charge in [-0.05, 0) is 24.3 Å². The van der Waals surface area contributed by atoms with Gasteiger partial charge < -0.3 is 20.4 Å². The fourth-order valence-corrected chi connectivity index (χ4v) is 5.34. The van der Waals surface area contributed by atoms with E-state index in [-0.39, 0.29) is 102 Å². The molecule has 0 aromatic heterocycles. The average Bonchev–Trinajstić information content (AvgIpc) is 2.97. The Morgan fingerprint density at radius 1 is 0.244 bits per heavy atom. The molecule has 45 heavy (non-hydrogen) atoms. The maximum atomic E-state index is 10.9. The van der Waals surface area contributed by atoms with E-state index in [1.165, 1.54) is 0 Å². The summed E-state index contributed by atoms with van der Waals surface area (Å²) in [5.74, 6) is -1.70. The van der Waals surface area contributed by atoms with Gasteiger partial charge in [-0.1, -0.05) is 209 Å². The summed E-state index contributed by atoms with van der Waals surface area (Å²) in [5, 5.41) is 44.0. The molecule has 4 rings (SSSR count). The second kappa shape index (κ2) is 21.0. The number of benzene rings is 4. The van der Waals surface area contributed by atoms with Crippen molar-refractivity contribution in [2.24, 2.45) is 0 Å². The number of hydrogen-bond donors (Lipinski definition) is 0. The molecule has 4 aromatic carbocycles. The first-order valence-corrected chi connectivity index (χ1v) is 16.2. The van der Waals surface area contributed by atoms with E-state index in [1.807, 2.05) is 0 Å². The molecule has 0 spiro atoms. The van der Waals surface area contributed by atoms with Crippen molar-refractivity contribution < 1.29 is 42.1 Å². The molecule has 21 heteroatoms. The molecule has 4 aromatic rings. The second-order valence-electron chi connectivity index (χ2n) is 7.19. The van der Waals surface area contributed by atoms with Crippen LogP contribution in [0.3, 0.4) is 0 Å². The number of hydrogen-bond acceptors (Lipinski definition) is 4. The summed E-state index contributed by atoms with van der Waals surface area (Å²) >= 11 is 88.4. The van der Waals surface area contributed by atoms with Crippen LogP contribution in [0.5, 0.6) is 23.0 Å². The van der Waals surface area contributed by atoms with Crippen molar-refractivity contribution in [2.45, 2.75) is 0 Å². The first-order valence-electron chi connectivity index (χ1n) is 10.1. The molecular weight excluding hydrogens is 967 g/mol. The first kappa shape index (κ1) is 46.4. The average molecular weight is 971 g/mol. The second-order valence-corrected chi connectivity index (χ2v) is 13.4. The van der Waals surface area contributed by atoms with Crippen molar-refractivity contribution in [2.75, 3.05) is 0 Å². The Labute approximate surface area is 351 Å². The summed E-state index contributed by atoms with van der Waals surface area (Å²) in [7, 11) is 0. The molecule has 0 aliphatic carbocycles. The fraction of sp³-hybridized carbons (Fsp3) is 0. The zero-order chi connectivity index (χ0) is 34.4. The minimum absolute atomic E-state index is 0. The minimum atomic E-state index is -0.425. The summed E-state index contributed by atoms with van der Waals surface area (Å²) in [6.07, 6.45) is 0. The summed E-state index contributed by atoms with van der Waals surface area (Å²) in [5.41, 5.74) is 0. The largest absolute Gasteiger partial charge is 4.00 e. The smallest absolute Gasteiger partial charge is 0.871 e. The summed E-state index contributed by atoms with van der Waals surface area (Å²) < 4.78 is 0. The van der Waals surface area contributed by atoms with Crippen LogP contribution < -0.4 is 20.4 Å². The summed E-state index contributed by atoms with van der Waals surface area (Å²) in [6.45, 7) is 0. The molecule has 0 saturated heterocycles. The van der Waals surface area contributed by atoms with Crippen LogP contribution in [0.25, 0.3) is 0 Å². The molecule has 4 nitrogen and oxygen atoms in total. The Kier molecular flexibility index (Phi) is 21.6. The van der Waals surface area contributed by atoms with E-state index in [4.69, 9.17) is 186 Å². The molecule has 0 radical (unpaired) electrons. The van der Waals surface area contributed by atoms with E-state index in [1.54, 1.807) is 0 Å². The van der Waals surface area contributed by atoms with Gasteiger partial charge in [-0.25, -0.2) is 0 Å². The zero-order valence-electron chi connectivity index (χ0n) is 20.5. The van der Waals surface area contributed by atoms with Gasteiger partial charge >= 0.3 is 21.7 Å². The first-order chi connectivity index (χ1) is 20.1. The molecule has 0 aliphatic rings. The van der Waals surface area contributed by atoms with Crippen LogP contribution in [0.1, 0.15) is 0 Å². The van der Waals surface area contributed by atoms with Crippen LogP contribution >= 0.6 is 186 Å². The Bertz CT molecular complexity index is 1340. The van der Waals surface area contributed by atoms with Gasteiger partial charge in [-0.3, -0.25) is 0 Å². The van der Waals surface area contributed by atoms with Crippen molar-refractivity contribution in [3.8, 4) is 23.0 Å². The minimum Gasteiger partial charge on any atom is -0.871 e. The third-order valence-electron chi connectivity index (χ3n) is 4.28.